The summed E-state index contributed by atoms with van der Waals surface area (Å²) in [6, 6.07) is 16.3. The summed E-state index contributed by atoms with van der Waals surface area (Å²) < 4.78 is 19.8. The monoisotopic (exact) mass is 506 g/mol. The minimum absolute atomic E-state index is 0.0306. The normalized spacial score (nSPS) is 14.3. The quantitative estimate of drug-likeness (QED) is 0.298. The average Bonchev–Trinajstić information content (AvgIpc) is 3.00. The van der Waals surface area contributed by atoms with Crippen molar-refractivity contribution in [1.82, 2.24) is 9.97 Å². The Kier molecular flexibility index (Phi) is 6.70. The van der Waals surface area contributed by atoms with Crippen LogP contribution in [0.15, 0.2) is 60.8 Å². The number of carbonyl (C=O) groups is 1. The Morgan fingerprint density at radius 1 is 1.11 bits per heavy atom. The lowest BCUT2D eigenvalue weighted by Crippen LogP contribution is -2.05. The summed E-state index contributed by atoms with van der Waals surface area (Å²) in [5.41, 5.74) is 5.27. The van der Waals surface area contributed by atoms with Gasteiger partial charge in [0.2, 0.25) is 0 Å². The van der Waals surface area contributed by atoms with Crippen molar-refractivity contribution in [3.05, 3.63) is 99.7 Å². The van der Waals surface area contributed by atoms with Crippen molar-refractivity contribution in [3.63, 3.8) is 0 Å². The fraction of sp³-hybridized carbons (Fsp3) is 0.148. The molecule has 0 bridgehead atoms. The van der Waals surface area contributed by atoms with Crippen LogP contribution in [0.1, 0.15) is 39.7 Å². The van der Waals surface area contributed by atoms with Crippen molar-refractivity contribution >= 4 is 52.4 Å². The van der Waals surface area contributed by atoms with Gasteiger partial charge in [0.05, 0.1) is 33.6 Å². The number of aromatic nitrogens is 2. The van der Waals surface area contributed by atoms with Crippen molar-refractivity contribution in [3.8, 4) is 5.75 Å². The second-order valence-corrected chi connectivity index (χ2v) is 9.67. The zero-order valence-electron chi connectivity index (χ0n) is 18.4. The topological polar surface area (TPSA) is 72.3 Å². The van der Waals surface area contributed by atoms with Gasteiger partial charge >= 0.3 is 5.97 Å². The number of ether oxygens (including phenoxy) is 1. The van der Waals surface area contributed by atoms with Crippen molar-refractivity contribution in [2.24, 2.45) is 0 Å². The van der Waals surface area contributed by atoms with Crippen LogP contribution in [0.5, 0.6) is 5.75 Å². The Hall–Kier alpha value is -3.42. The first-order valence-electron chi connectivity index (χ1n) is 11.0. The van der Waals surface area contributed by atoms with Gasteiger partial charge in [0.1, 0.15) is 18.2 Å². The SMILES string of the molecule is O=C(O)CCSC1c2cc(OCc3ccc4cc(F)c(Cl)cc4n3)ccc2C=Cc2ncccc21. The summed E-state index contributed by atoms with van der Waals surface area (Å²) in [6.07, 6.45) is 5.85. The lowest BCUT2D eigenvalue weighted by Gasteiger charge is -2.20. The summed E-state index contributed by atoms with van der Waals surface area (Å²) in [5, 5.41) is 9.73. The molecule has 2 aromatic heterocycles. The Morgan fingerprint density at radius 2 is 2.00 bits per heavy atom. The van der Waals surface area contributed by atoms with E-state index in [2.05, 4.69) is 9.97 Å². The summed E-state index contributed by atoms with van der Waals surface area (Å²) in [5.74, 6) is -0.146. The highest BCUT2D eigenvalue weighted by Gasteiger charge is 2.23. The molecule has 1 unspecified atom stereocenters. The molecule has 0 amide bonds. The molecule has 0 radical (unpaired) electrons. The minimum atomic E-state index is -0.820. The molecule has 0 aliphatic heterocycles. The molecule has 1 aliphatic rings. The number of carboxylic acids is 1. The molecule has 1 atom stereocenters. The number of halogens is 2. The van der Waals surface area contributed by atoms with Gasteiger partial charge in [0.15, 0.2) is 0 Å². The van der Waals surface area contributed by atoms with E-state index >= 15 is 0 Å². The third-order valence-electron chi connectivity index (χ3n) is 5.69. The smallest absolute Gasteiger partial charge is 0.304 e. The van der Waals surface area contributed by atoms with Gasteiger partial charge in [-0.2, -0.15) is 0 Å². The molecule has 2 heterocycles. The number of nitrogens with zero attached hydrogens (tertiary/aromatic N) is 2. The van der Waals surface area contributed by atoms with E-state index < -0.39 is 11.8 Å². The van der Waals surface area contributed by atoms with E-state index in [-0.39, 0.29) is 23.3 Å². The van der Waals surface area contributed by atoms with Gasteiger partial charge in [-0.3, -0.25) is 9.78 Å². The number of hydrogen-bond acceptors (Lipinski definition) is 5. The third kappa shape index (κ3) is 5.16. The number of fused-ring (bicyclic) bond motifs is 3. The van der Waals surface area contributed by atoms with Crippen LogP contribution in [-0.4, -0.2) is 26.8 Å². The van der Waals surface area contributed by atoms with Gasteiger partial charge in [0.25, 0.3) is 0 Å². The summed E-state index contributed by atoms with van der Waals surface area (Å²) in [7, 11) is 0. The minimum Gasteiger partial charge on any atom is -0.487 e. The fourth-order valence-corrected chi connectivity index (χ4v) is 5.44. The molecular formula is C27H20ClFN2O3S. The molecule has 4 aromatic rings. The second-order valence-electron chi connectivity index (χ2n) is 8.05. The molecular weight excluding hydrogens is 487 g/mol. The highest BCUT2D eigenvalue weighted by atomic mass is 35.5. The maximum atomic E-state index is 13.7. The second kappa shape index (κ2) is 10.1. The first-order valence-corrected chi connectivity index (χ1v) is 12.4. The largest absolute Gasteiger partial charge is 0.487 e. The zero-order chi connectivity index (χ0) is 24.4. The highest BCUT2D eigenvalue weighted by molar-refractivity contribution is 7.99. The van der Waals surface area contributed by atoms with Gasteiger partial charge < -0.3 is 9.84 Å². The maximum absolute atomic E-state index is 13.7. The number of pyridine rings is 2. The van der Waals surface area contributed by atoms with E-state index in [9.17, 15) is 9.18 Å². The molecule has 5 nitrogen and oxygen atoms in total. The fourth-order valence-electron chi connectivity index (χ4n) is 3.99. The van der Waals surface area contributed by atoms with E-state index in [1.165, 1.54) is 12.1 Å². The van der Waals surface area contributed by atoms with Crippen molar-refractivity contribution in [1.29, 1.82) is 0 Å². The van der Waals surface area contributed by atoms with Gasteiger partial charge in [-0.15, -0.1) is 11.8 Å². The number of benzene rings is 2. The Morgan fingerprint density at radius 3 is 2.86 bits per heavy atom. The van der Waals surface area contributed by atoms with Crippen LogP contribution in [0.3, 0.4) is 0 Å². The highest BCUT2D eigenvalue weighted by Crippen LogP contribution is 2.43. The number of carboxylic acid groups (broad SMARTS) is 1. The molecule has 1 aliphatic carbocycles. The van der Waals surface area contributed by atoms with Crippen LogP contribution in [0, 0.1) is 5.82 Å². The maximum Gasteiger partial charge on any atom is 0.304 e. The van der Waals surface area contributed by atoms with Crippen LogP contribution in [0.2, 0.25) is 5.02 Å². The molecule has 0 fully saturated rings. The molecule has 35 heavy (non-hydrogen) atoms. The lowest BCUT2D eigenvalue weighted by molar-refractivity contribution is -0.136. The molecule has 2 aromatic carbocycles. The molecule has 176 valence electrons. The van der Waals surface area contributed by atoms with E-state index in [0.717, 1.165) is 22.4 Å². The van der Waals surface area contributed by atoms with Gasteiger partial charge in [0, 0.05) is 17.3 Å². The van der Waals surface area contributed by atoms with Gasteiger partial charge in [-0.25, -0.2) is 9.37 Å². The van der Waals surface area contributed by atoms with E-state index in [0.29, 0.717) is 28.1 Å². The van der Waals surface area contributed by atoms with Crippen LogP contribution >= 0.6 is 23.4 Å². The van der Waals surface area contributed by atoms with Crippen LogP contribution < -0.4 is 4.74 Å². The number of thioether (sulfide) groups is 1. The Balaban J connectivity index is 1.41. The van der Waals surface area contributed by atoms with Crippen molar-refractivity contribution < 1.29 is 19.0 Å². The van der Waals surface area contributed by atoms with E-state index in [1.54, 1.807) is 30.1 Å². The Labute approximate surface area is 210 Å². The molecule has 0 spiro atoms. The summed E-state index contributed by atoms with van der Waals surface area (Å²) in [4.78, 5) is 20.1. The van der Waals surface area contributed by atoms with Crippen LogP contribution in [-0.2, 0) is 11.4 Å². The molecule has 0 saturated heterocycles. The number of rotatable bonds is 7. The van der Waals surface area contributed by atoms with Crippen LogP contribution in [0.4, 0.5) is 4.39 Å². The third-order valence-corrected chi connectivity index (χ3v) is 7.26. The van der Waals surface area contributed by atoms with Crippen molar-refractivity contribution in [2.45, 2.75) is 18.3 Å². The Bertz CT molecular complexity index is 1460. The number of aliphatic carboxylic acids is 1. The van der Waals surface area contributed by atoms with Gasteiger partial charge in [-0.05, 0) is 59.2 Å². The molecule has 0 saturated carbocycles. The standard InChI is InChI=1S/C27H20ClFN2O3S/c28-22-14-25-17(12-23(22)29)3-6-18(31-25)15-34-19-7-4-16-5-8-24-20(2-1-10-30-24)27(21(16)13-19)35-11-9-26(32)33/h1-8,10,12-14,27H,9,11,15H2,(H,32,33). The predicted octanol–water partition coefficient (Wildman–Crippen LogP) is 6.78. The van der Waals surface area contributed by atoms with E-state index in [4.69, 9.17) is 21.4 Å². The average molecular weight is 507 g/mol. The number of hydrogen-bond donors (Lipinski definition) is 1. The van der Waals surface area contributed by atoms with E-state index in [1.807, 2.05) is 42.5 Å². The molecule has 8 heteroatoms. The van der Waals surface area contributed by atoms with Crippen LogP contribution in [0.25, 0.3) is 23.1 Å². The molecule has 5 rings (SSSR count). The predicted molar refractivity (Wildman–Crippen MR) is 137 cm³/mol. The lowest BCUT2D eigenvalue weighted by atomic mass is 10.0. The summed E-state index contributed by atoms with van der Waals surface area (Å²) >= 11 is 7.49. The first kappa shape index (κ1) is 23.3. The molecule has 1 N–H and O–H groups in total. The first-order chi connectivity index (χ1) is 17.0. The summed E-state index contributed by atoms with van der Waals surface area (Å²) in [6.45, 7) is 0.231. The van der Waals surface area contributed by atoms with Gasteiger partial charge in [-0.1, -0.05) is 35.9 Å². The zero-order valence-corrected chi connectivity index (χ0v) is 20.0. The van der Waals surface area contributed by atoms with Crippen molar-refractivity contribution in [2.75, 3.05) is 5.75 Å².